The first-order valence-electron chi connectivity index (χ1n) is 6.00. The van der Waals surface area contributed by atoms with Crippen molar-refractivity contribution in [3.8, 4) is 0 Å². The van der Waals surface area contributed by atoms with E-state index >= 15 is 0 Å². The molecule has 0 saturated heterocycles. The van der Waals surface area contributed by atoms with Crippen molar-refractivity contribution < 1.29 is 4.79 Å². The summed E-state index contributed by atoms with van der Waals surface area (Å²) in [6.07, 6.45) is 1.78. The minimum absolute atomic E-state index is 0.0834. The summed E-state index contributed by atoms with van der Waals surface area (Å²) in [5.41, 5.74) is 5.84. The van der Waals surface area contributed by atoms with E-state index < -0.39 is 0 Å². The molecule has 0 radical (unpaired) electrons. The molecule has 0 aliphatic heterocycles. The molecule has 0 heterocycles. The SMILES string of the molecule is CCC(C)CN(C(=O)C(C)CC)C(C)N. The maximum absolute atomic E-state index is 12.0. The number of rotatable bonds is 6. The molecular weight excluding hydrogens is 188 g/mol. The minimum Gasteiger partial charge on any atom is -0.327 e. The monoisotopic (exact) mass is 214 g/mol. The Morgan fingerprint density at radius 1 is 1.20 bits per heavy atom. The molecule has 0 aromatic rings. The third kappa shape index (κ3) is 4.65. The van der Waals surface area contributed by atoms with E-state index in [2.05, 4.69) is 13.8 Å². The molecule has 0 spiro atoms. The normalized spacial score (nSPS) is 16.9. The summed E-state index contributed by atoms with van der Waals surface area (Å²) in [5.74, 6) is 0.789. The first-order valence-corrected chi connectivity index (χ1v) is 6.00. The Morgan fingerprint density at radius 3 is 2.07 bits per heavy atom. The molecule has 0 bridgehead atoms. The van der Waals surface area contributed by atoms with Crippen LogP contribution < -0.4 is 5.73 Å². The van der Waals surface area contributed by atoms with Crippen LogP contribution in [0.2, 0.25) is 0 Å². The van der Waals surface area contributed by atoms with Crippen LogP contribution in [0, 0.1) is 11.8 Å². The standard InChI is InChI=1S/C12H26N2O/c1-6-9(3)8-14(11(5)13)12(15)10(4)7-2/h9-11H,6-8,13H2,1-5H3. The number of amides is 1. The molecule has 0 aliphatic rings. The molecule has 3 unspecified atom stereocenters. The Balaban J connectivity index is 4.45. The van der Waals surface area contributed by atoms with Gasteiger partial charge in [-0.05, 0) is 19.3 Å². The topological polar surface area (TPSA) is 46.3 Å². The molecule has 0 saturated carbocycles. The number of hydrogen-bond acceptors (Lipinski definition) is 2. The van der Waals surface area contributed by atoms with Gasteiger partial charge in [-0.15, -0.1) is 0 Å². The van der Waals surface area contributed by atoms with Gasteiger partial charge in [0.1, 0.15) is 0 Å². The number of nitrogens with two attached hydrogens (primary N) is 1. The van der Waals surface area contributed by atoms with Gasteiger partial charge < -0.3 is 10.6 Å². The van der Waals surface area contributed by atoms with Gasteiger partial charge in [-0.25, -0.2) is 0 Å². The third-order valence-corrected chi connectivity index (χ3v) is 3.01. The summed E-state index contributed by atoms with van der Waals surface area (Å²) >= 11 is 0. The van der Waals surface area contributed by atoms with E-state index in [9.17, 15) is 4.79 Å². The van der Waals surface area contributed by atoms with E-state index in [1.54, 1.807) is 0 Å². The molecule has 0 aromatic carbocycles. The fourth-order valence-electron chi connectivity index (χ4n) is 1.38. The highest BCUT2D eigenvalue weighted by molar-refractivity contribution is 5.78. The van der Waals surface area contributed by atoms with Crippen LogP contribution in [-0.4, -0.2) is 23.5 Å². The van der Waals surface area contributed by atoms with Crippen molar-refractivity contribution in [3.05, 3.63) is 0 Å². The van der Waals surface area contributed by atoms with E-state index in [0.29, 0.717) is 5.92 Å². The largest absolute Gasteiger partial charge is 0.327 e. The Morgan fingerprint density at radius 2 is 1.73 bits per heavy atom. The molecule has 3 nitrogen and oxygen atoms in total. The zero-order chi connectivity index (χ0) is 12.0. The van der Waals surface area contributed by atoms with Crippen LogP contribution in [-0.2, 0) is 4.79 Å². The molecule has 0 fully saturated rings. The van der Waals surface area contributed by atoms with Gasteiger partial charge in [-0.2, -0.15) is 0 Å². The van der Waals surface area contributed by atoms with E-state index in [1.165, 1.54) is 0 Å². The summed E-state index contributed by atoms with van der Waals surface area (Å²) in [7, 11) is 0. The molecule has 1 amide bonds. The molecule has 3 atom stereocenters. The van der Waals surface area contributed by atoms with Crippen LogP contribution in [0.3, 0.4) is 0 Å². The van der Waals surface area contributed by atoms with E-state index in [4.69, 9.17) is 5.73 Å². The second-order valence-corrected chi connectivity index (χ2v) is 4.55. The number of carbonyl (C=O) groups excluding carboxylic acids is 1. The summed E-state index contributed by atoms with van der Waals surface area (Å²) in [6, 6.07) is 0. The second-order valence-electron chi connectivity index (χ2n) is 4.55. The minimum atomic E-state index is -0.180. The van der Waals surface area contributed by atoms with Crippen molar-refractivity contribution in [1.29, 1.82) is 0 Å². The van der Waals surface area contributed by atoms with Crippen LogP contribution in [0.15, 0.2) is 0 Å². The highest BCUT2D eigenvalue weighted by Gasteiger charge is 2.22. The molecule has 0 aliphatic carbocycles. The fraction of sp³-hybridized carbons (Fsp3) is 0.917. The van der Waals surface area contributed by atoms with Gasteiger partial charge in [0, 0.05) is 12.5 Å². The summed E-state index contributed by atoms with van der Waals surface area (Å²) in [6.45, 7) is 10.9. The van der Waals surface area contributed by atoms with E-state index in [0.717, 1.165) is 19.4 Å². The quantitative estimate of drug-likeness (QED) is 0.689. The molecule has 0 rings (SSSR count). The molecule has 15 heavy (non-hydrogen) atoms. The Kier molecular flexibility index (Phi) is 6.57. The summed E-state index contributed by atoms with van der Waals surface area (Å²) in [5, 5.41) is 0. The number of hydrogen-bond donors (Lipinski definition) is 1. The smallest absolute Gasteiger partial charge is 0.226 e. The lowest BCUT2D eigenvalue weighted by Crippen LogP contribution is -2.48. The average Bonchev–Trinajstić information content (AvgIpc) is 2.22. The van der Waals surface area contributed by atoms with Gasteiger partial charge in [0.05, 0.1) is 6.17 Å². The van der Waals surface area contributed by atoms with Crippen molar-refractivity contribution in [1.82, 2.24) is 4.90 Å². The van der Waals surface area contributed by atoms with Crippen LogP contribution >= 0.6 is 0 Å². The third-order valence-electron chi connectivity index (χ3n) is 3.01. The van der Waals surface area contributed by atoms with Crippen molar-refractivity contribution in [2.24, 2.45) is 17.6 Å². The zero-order valence-electron chi connectivity index (χ0n) is 10.8. The lowest BCUT2D eigenvalue weighted by atomic mass is 10.0. The first kappa shape index (κ1) is 14.4. The van der Waals surface area contributed by atoms with Crippen LogP contribution in [0.25, 0.3) is 0 Å². The Bertz CT molecular complexity index is 192. The van der Waals surface area contributed by atoms with Gasteiger partial charge in [-0.1, -0.05) is 34.1 Å². The molecule has 3 heteroatoms. The summed E-state index contributed by atoms with van der Waals surface area (Å²) in [4.78, 5) is 13.8. The van der Waals surface area contributed by atoms with Gasteiger partial charge in [-0.3, -0.25) is 4.79 Å². The van der Waals surface area contributed by atoms with Crippen LogP contribution in [0.1, 0.15) is 47.5 Å². The highest BCUT2D eigenvalue weighted by atomic mass is 16.2. The van der Waals surface area contributed by atoms with Crippen molar-refractivity contribution in [2.75, 3.05) is 6.54 Å². The Labute approximate surface area is 94.0 Å². The first-order chi connectivity index (χ1) is 6.93. The van der Waals surface area contributed by atoms with Gasteiger partial charge in [0.15, 0.2) is 0 Å². The predicted molar refractivity (Wildman–Crippen MR) is 64.3 cm³/mol. The fourth-order valence-corrected chi connectivity index (χ4v) is 1.38. The highest BCUT2D eigenvalue weighted by Crippen LogP contribution is 2.12. The second kappa shape index (κ2) is 6.83. The molecule has 90 valence electrons. The van der Waals surface area contributed by atoms with Crippen LogP contribution in [0.5, 0.6) is 0 Å². The maximum atomic E-state index is 12.0. The maximum Gasteiger partial charge on any atom is 0.226 e. The lowest BCUT2D eigenvalue weighted by molar-refractivity contribution is -0.137. The molecular formula is C12H26N2O. The number of carbonyl (C=O) groups is 1. The van der Waals surface area contributed by atoms with E-state index in [-0.39, 0.29) is 18.0 Å². The zero-order valence-corrected chi connectivity index (χ0v) is 10.8. The average molecular weight is 214 g/mol. The van der Waals surface area contributed by atoms with Gasteiger partial charge in [0.2, 0.25) is 5.91 Å². The van der Waals surface area contributed by atoms with Gasteiger partial charge in [0.25, 0.3) is 0 Å². The van der Waals surface area contributed by atoms with Crippen LogP contribution in [0.4, 0.5) is 0 Å². The lowest BCUT2D eigenvalue weighted by Gasteiger charge is -2.31. The van der Waals surface area contributed by atoms with E-state index in [1.807, 2.05) is 25.7 Å². The van der Waals surface area contributed by atoms with Crippen molar-refractivity contribution >= 4 is 5.91 Å². The summed E-state index contributed by atoms with van der Waals surface area (Å²) < 4.78 is 0. The van der Waals surface area contributed by atoms with Crippen molar-refractivity contribution in [2.45, 2.75) is 53.6 Å². The number of nitrogens with zero attached hydrogens (tertiary/aromatic N) is 1. The predicted octanol–water partition coefficient (Wildman–Crippen LogP) is 2.21. The van der Waals surface area contributed by atoms with Crippen molar-refractivity contribution in [3.63, 3.8) is 0 Å². The molecule has 0 aromatic heterocycles. The van der Waals surface area contributed by atoms with Gasteiger partial charge >= 0.3 is 0 Å². The Hall–Kier alpha value is -0.570. The molecule has 2 N–H and O–H groups in total.